The molecule has 1 saturated heterocycles. The lowest BCUT2D eigenvalue weighted by Crippen LogP contribution is -2.49. The SMILES string of the molecule is COC(=O)c1c(N)c(C#N)cn1-c1cc(Cl)ccc1N1CCN(C(=O)CC(C)C)CC1. The highest BCUT2D eigenvalue weighted by Gasteiger charge is 2.27. The molecule has 0 saturated carbocycles. The van der Waals surface area contributed by atoms with Crippen molar-refractivity contribution in [1.82, 2.24) is 9.47 Å². The Bertz CT molecular complexity index is 1030. The lowest BCUT2D eigenvalue weighted by molar-refractivity contribution is -0.132. The Morgan fingerprint density at radius 3 is 2.48 bits per heavy atom. The zero-order chi connectivity index (χ0) is 22.7. The molecule has 1 aliphatic heterocycles. The minimum Gasteiger partial charge on any atom is -0.464 e. The maximum atomic E-state index is 12.4. The summed E-state index contributed by atoms with van der Waals surface area (Å²) in [7, 11) is 1.26. The number of nitrogens with zero attached hydrogens (tertiary/aromatic N) is 4. The van der Waals surface area contributed by atoms with Crippen molar-refractivity contribution in [3.05, 3.63) is 40.7 Å². The standard InChI is InChI=1S/C22H26ClN5O3/c1-14(2)10-19(29)27-8-6-26(7-9-27)17-5-4-16(23)11-18(17)28-13-15(12-24)20(25)21(28)22(30)31-3/h4-5,11,13-14H,6-10,25H2,1-3H3. The molecule has 0 aliphatic carbocycles. The van der Waals surface area contributed by atoms with Gasteiger partial charge >= 0.3 is 5.97 Å². The molecule has 8 nitrogen and oxygen atoms in total. The zero-order valence-electron chi connectivity index (χ0n) is 17.9. The number of nitrogens with two attached hydrogens (primary N) is 1. The van der Waals surface area contributed by atoms with E-state index in [-0.39, 0.29) is 22.9 Å². The molecule has 2 aromatic rings. The summed E-state index contributed by atoms with van der Waals surface area (Å²) in [4.78, 5) is 28.8. The number of esters is 1. The average molecular weight is 444 g/mol. The van der Waals surface area contributed by atoms with E-state index in [1.807, 2.05) is 30.9 Å². The number of hydrogen-bond acceptors (Lipinski definition) is 6. The lowest BCUT2D eigenvalue weighted by atomic mass is 10.1. The Hall–Kier alpha value is -3.18. The number of hydrogen-bond donors (Lipinski definition) is 1. The van der Waals surface area contributed by atoms with E-state index in [1.54, 1.807) is 16.7 Å². The second-order valence-corrected chi connectivity index (χ2v) is 8.31. The first-order chi connectivity index (χ1) is 14.8. The smallest absolute Gasteiger partial charge is 0.357 e. The van der Waals surface area contributed by atoms with Gasteiger partial charge in [0.25, 0.3) is 0 Å². The molecule has 1 amide bonds. The summed E-state index contributed by atoms with van der Waals surface area (Å²) >= 11 is 6.27. The second kappa shape index (κ2) is 9.31. The van der Waals surface area contributed by atoms with Gasteiger partial charge in [0, 0.05) is 43.8 Å². The first-order valence-corrected chi connectivity index (χ1v) is 10.5. The number of ether oxygens (including phenoxy) is 1. The number of nitrogen functional groups attached to an aromatic ring is 1. The van der Waals surface area contributed by atoms with Crippen molar-refractivity contribution in [3.63, 3.8) is 0 Å². The summed E-state index contributed by atoms with van der Waals surface area (Å²) in [5, 5.41) is 9.88. The minimum atomic E-state index is -0.644. The van der Waals surface area contributed by atoms with Gasteiger partial charge in [-0.05, 0) is 24.1 Å². The van der Waals surface area contributed by atoms with Gasteiger partial charge in [-0.15, -0.1) is 0 Å². The van der Waals surface area contributed by atoms with Gasteiger partial charge in [-0.3, -0.25) is 4.79 Å². The fourth-order valence-electron chi connectivity index (χ4n) is 3.74. The van der Waals surface area contributed by atoms with Crippen LogP contribution in [0.4, 0.5) is 11.4 Å². The monoisotopic (exact) mass is 443 g/mol. The Kier molecular flexibility index (Phi) is 6.76. The highest BCUT2D eigenvalue weighted by molar-refractivity contribution is 6.30. The molecule has 1 fully saturated rings. The van der Waals surface area contributed by atoms with Crippen molar-refractivity contribution in [1.29, 1.82) is 5.26 Å². The Morgan fingerprint density at radius 1 is 1.23 bits per heavy atom. The number of halogens is 1. The third-order valence-corrected chi connectivity index (χ3v) is 5.53. The number of anilines is 2. The molecular formula is C22H26ClN5O3. The summed E-state index contributed by atoms with van der Waals surface area (Å²) in [5.74, 6) is -0.163. The number of amides is 1. The largest absolute Gasteiger partial charge is 0.464 e. The van der Waals surface area contributed by atoms with E-state index in [2.05, 4.69) is 4.90 Å². The predicted molar refractivity (Wildman–Crippen MR) is 119 cm³/mol. The summed E-state index contributed by atoms with van der Waals surface area (Å²) < 4.78 is 6.44. The van der Waals surface area contributed by atoms with Gasteiger partial charge in [0.15, 0.2) is 5.69 Å². The highest BCUT2D eigenvalue weighted by Crippen LogP contribution is 2.33. The van der Waals surface area contributed by atoms with Crippen molar-refractivity contribution >= 4 is 34.9 Å². The number of carbonyl (C=O) groups is 2. The first kappa shape index (κ1) is 22.5. The maximum absolute atomic E-state index is 12.4. The molecule has 2 heterocycles. The zero-order valence-corrected chi connectivity index (χ0v) is 18.6. The topological polar surface area (TPSA) is 105 Å². The fourth-order valence-corrected chi connectivity index (χ4v) is 3.90. The van der Waals surface area contributed by atoms with Gasteiger partial charge < -0.3 is 24.8 Å². The van der Waals surface area contributed by atoms with Crippen molar-refractivity contribution in [2.24, 2.45) is 5.92 Å². The molecule has 0 bridgehead atoms. The van der Waals surface area contributed by atoms with Gasteiger partial charge in [0.1, 0.15) is 6.07 Å². The van der Waals surface area contributed by atoms with E-state index in [1.165, 1.54) is 13.3 Å². The molecule has 164 valence electrons. The Balaban J connectivity index is 1.96. The minimum absolute atomic E-state index is 0.0596. The van der Waals surface area contributed by atoms with Crippen LogP contribution in [0.5, 0.6) is 0 Å². The van der Waals surface area contributed by atoms with Crippen molar-refractivity contribution in [3.8, 4) is 11.8 Å². The van der Waals surface area contributed by atoms with E-state index in [0.29, 0.717) is 49.2 Å². The molecule has 1 aromatic carbocycles. The Morgan fingerprint density at radius 2 is 1.90 bits per heavy atom. The maximum Gasteiger partial charge on any atom is 0.357 e. The number of methoxy groups -OCH3 is 1. The van der Waals surface area contributed by atoms with Crippen molar-refractivity contribution < 1.29 is 14.3 Å². The number of carbonyl (C=O) groups excluding carboxylic acids is 2. The van der Waals surface area contributed by atoms with Crippen LogP contribution < -0.4 is 10.6 Å². The molecule has 0 unspecified atom stereocenters. The molecule has 31 heavy (non-hydrogen) atoms. The molecule has 0 spiro atoms. The molecule has 0 radical (unpaired) electrons. The van der Waals surface area contributed by atoms with E-state index < -0.39 is 5.97 Å². The summed E-state index contributed by atoms with van der Waals surface area (Å²) in [6.45, 7) is 6.54. The quantitative estimate of drug-likeness (QED) is 0.712. The summed E-state index contributed by atoms with van der Waals surface area (Å²) in [5.41, 5.74) is 7.80. The number of piperazine rings is 1. The molecule has 9 heteroatoms. The normalized spacial score (nSPS) is 13.9. The van der Waals surface area contributed by atoms with Crippen LogP contribution in [0.2, 0.25) is 5.02 Å². The lowest BCUT2D eigenvalue weighted by Gasteiger charge is -2.37. The summed E-state index contributed by atoms with van der Waals surface area (Å²) in [6.07, 6.45) is 2.05. The van der Waals surface area contributed by atoms with Crippen LogP contribution in [0.3, 0.4) is 0 Å². The van der Waals surface area contributed by atoms with E-state index in [0.717, 1.165) is 5.69 Å². The van der Waals surface area contributed by atoms with E-state index >= 15 is 0 Å². The molecule has 1 aliphatic rings. The average Bonchev–Trinajstić information content (AvgIpc) is 3.09. The van der Waals surface area contributed by atoms with Crippen LogP contribution in [0.1, 0.15) is 36.3 Å². The van der Waals surface area contributed by atoms with Gasteiger partial charge in [-0.25, -0.2) is 4.79 Å². The third kappa shape index (κ3) is 4.62. The van der Waals surface area contributed by atoms with Crippen LogP contribution >= 0.6 is 11.6 Å². The van der Waals surface area contributed by atoms with Crippen LogP contribution in [-0.4, -0.2) is 54.6 Å². The number of aromatic nitrogens is 1. The first-order valence-electron chi connectivity index (χ1n) is 10.1. The van der Waals surface area contributed by atoms with Crippen LogP contribution in [-0.2, 0) is 9.53 Å². The van der Waals surface area contributed by atoms with Crippen molar-refractivity contribution in [2.45, 2.75) is 20.3 Å². The molecule has 2 N–H and O–H groups in total. The van der Waals surface area contributed by atoms with Crippen LogP contribution in [0, 0.1) is 17.2 Å². The van der Waals surface area contributed by atoms with Gasteiger partial charge in [-0.1, -0.05) is 25.4 Å². The second-order valence-electron chi connectivity index (χ2n) is 7.88. The van der Waals surface area contributed by atoms with Gasteiger partial charge in [-0.2, -0.15) is 5.26 Å². The molecule has 3 rings (SSSR count). The Labute approximate surface area is 186 Å². The molecular weight excluding hydrogens is 418 g/mol. The van der Waals surface area contributed by atoms with E-state index in [9.17, 15) is 14.9 Å². The van der Waals surface area contributed by atoms with Crippen LogP contribution in [0.25, 0.3) is 5.69 Å². The van der Waals surface area contributed by atoms with E-state index in [4.69, 9.17) is 22.1 Å². The number of nitriles is 1. The van der Waals surface area contributed by atoms with Gasteiger partial charge in [0.05, 0.1) is 29.7 Å². The third-order valence-electron chi connectivity index (χ3n) is 5.30. The van der Waals surface area contributed by atoms with Crippen LogP contribution in [0.15, 0.2) is 24.4 Å². The van der Waals surface area contributed by atoms with Crippen molar-refractivity contribution in [2.75, 3.05) is 43.9 Å². The summed E-state index contributed by atoms with van der Waals surface area (Å²) in [6, 6.07) is 7.37. The predicted octanol–water partition coefficient (Wildman–Crippen LogP) is 3.07. The fraction of sp³-hybridized carbons (Fsp3) is 0.409. The number of rotatable bonds is 5. The van der Waals surface area contributed by atoms with Gasteiger partial charge in [0.2, 0.25) is 5.91 Å². The molecule has 1 aromatic heterocycles. The molecule has 0 atom stereocenters. The number of benzene rings is 1. The highest BCUT2D eigenvalue weighted by atomic mass is 35.5.